The molecule has 0 aliphatic heterocycles. The molecule has 0 unspecified atom stereocenters. The Morgan fingerprint density at radius 2 is 1.72 bits per heavy atom. The number of nitrogens with zero attached hydrogens (tertiary/aromatic N) is 1. The van der Waals surface area contributed by atoms with Gasteiger partial charge in [0.25, 0.3) is 0 Å². The summed E-state index contributed by atoms with van der Waals surface area (Å²) in [4.78, 5) is 4.58. The number of methoxy groups -OCH3 is 1. The van der Waals surface area contributed by atoms with Gasteiger partial charge in [-0.05, 0) is 72.0 Å². The van der Waals surface area contributed by atoms with Crippen LogP contribution < -0.4 is 0 Å². The van der Waals surface area contributed by atoms with Gasteiger partial charge < -0.3 is 4.74 Å². The van der Waals surface area contributed by atoms with Crippen molar-refractivity contribution in [2.45, 2.75) is 25.7 Å². The minimum Gasteiger partial charge on any atom is -0.385 e. The normalized spacial score (nSPS) is 11.2. The third-order valence-electron chi connectivity index (χ3n) is 5.64. The Morgan fingerprint density at radius 3 is 2.47 bits per heavy atom. The van der Waals surface area contributed by atoms with Gasteiger partial charge in [-0.2, -0.15) is 0 Å². The Balaban J connectivity index is 1.51. The number of halogens is 3. The van der Waals surface area contributed by atoms with E-state index in [1.165, 1.54) is 17.7 Å². The molecular formula is C27H24ClF2NO. The lowest BCUT2D eigenvalue weighted by atomic mass is 9.98. The van der Waals surface area contributed by atoms with Crippen LogP contribution in [-0.2, 0) is 24.0 Å². The maximum Gasteiger partial charge on any atom is 0.142 e. The first-order chi connectivity index (χ1) is 15.5. The van der Waals surface area contributed by atoms with Crippen LogP contribution in [0.3, 0.4) is 0 Å². The molecule has 0 amide bonds. The Kier molecular flexibility index (Phi) is 7.13. The lowest BCUT2D eigenvalue weighted by molar-refractivity contribution is 0.195. The lowest BCUT2D eigenvalue weighted by Gasteiger charge is -2.09. The van der Waals surface area contributed by atoms with Gasteiger partial charge >= 0.3 is 0 Å². The molecule has 0 spiro atoms. The topological polar surface area (TPSA) is 22.1 Å². The Morgan fingerprint density at radius 1 is 0.875 bits per heavy atom. The fraction of sp³-hybridized carbons (Fsp3) is 0.222. The fourth-order valence-electron chi connectivity index (χ4n) is 3.83. The van der Waals surface area contributed by atoms with Crippen LogP contribution >= 0.6 is 11.6 Å². The van der Waals surface area contributed by atoms with Gasteiger partial charge in [0.2, 0.25) is 0 Å². The third kappa shape index (κ3) is 5.14. The van der Waals surface area contributed by atoms with Crippen molar-refractivity contribution in [3.05, 3.63) is 100 Å². The third-order valence-corrected chi connectivity index (χ3v) is 5.94. The summed E-state index contributed by atoms with van der Waals surface area (Å²) in [6.45, 7) is 0.733. The predicted molar refractivity (Wildman–Crippen MR) is 126 cm³/mol. The molecule has 0 N–H and O–H groups in total. The molecule has 4 rings (SSSR count). The molecule has 0 saturated carbocycles. The number of hydrogen-bond acceptors (Lipinski definition) is 2. The van der Waals surface area contributed by atoms with E-state index in [9.17, 15) is 4.39 Å². The molecule has 4 aromatic rings. The summed E-state index contributed by atoms with van der Waals surface area (Å²) in [5.74, 6) is -0.683. The Bertz CT molecular complexity index is 1220. The van der Waals surface area contributed by atoms with Gasteiger partial charge in [0.15, 0.2) is 0 Å². The second-order valence-electron chi connectivity index (χ2n) is 7.87. The van der Waals surface area contributed by atoms with Crippen molar-refractivity contribution in [3.63, 3.8) is 0 Å². The fourth-order valence-corrected chi connectivity index (χ4v) is 3.94. The van der Waals surface area contributed by atoms with Crippen LogP contribution in [0.15, 0.2) is 66.9 Å². The van der Waals surface area contributed by atoms with Gasteiger partial charge in [0.1, 0.15) is 11.6 Å². The number of hydrogen-bond donors (Lipinski definition) is 0. The molecule has 0 fully saturated rings. The summed E-state index contributed by atoms with van der Waals surface area (Å²) in [6.07, 6.45) is 4.79. The van der Waals surface area contributed by atoms with Crippen LogP contribution in [0.4, 0.5) is 8.78 Å². The lowest BCUT2D eigenvalue weighted by Crippen LogP contribution is -1.97. The predicted octanol–water partition coefficient (Wildman–Crippen LogP) is 7.20. The highest BCUT2D eigenvalue weighted by Crippen LogP contribution is 2.28. The van der Waals surface area contributed by atoms with Crippen molar-refractivity contribution in [2.24, 2.45) is 0 Å². The summed E-state index contributed by atoms with van der Waals surface area (Å²) in [5.41, 5.74) is 4.38. The smallest absolute Gasteiger partial charge is 0.142 e. The van der Waals surface area contributed by atoms with Gasteiger partial charge in [-0.15, -0.1) is 0 Å². The standard InChI is InChI=1S/C27H24ClF2NO/c1-32-14-2-3-19-6-13-26(31-17-19)22-10-11-23-21(16-22)9-8-20(27(23)30)7-4-18-5-12-24(28)25(29)15-18/h5-6,8-13,15-17H,2-4,7,14H2,1H3. The second-order valence-corrected chi connectivity index (χ2v) is 8.28. The van der Waals surface area contributed by atoms with Crippen molar-refractivity contribution < 1.29 is 13.5 Å². The molecule has 5 heteroatoms. The second kappa shape index (κ2) is 10.2. The van der Waals surface area contributed by atoms with Crippen molar-refractivity contribution in [1.82, 2.24) is 4.98 Å². The molecule has 3 aromatic carbocycles. The maximum atomic E-state index is 15.1. The number of pyridine rings is 1. The minimum absolute atomic E-state index is 0.0941. The number of ether oxygens (including phenoxy) is 1. The molecular weight excluding hydrogens is 428 g/mol. The first-order valence-electron chi connectivity index (χ1n) is 10.6. The van der Waals surface area contributed by atoms with Gasteiger partial charge in [-0.25, -0.2) is 8.78 Å². The van der Waals surface area contributed by atoms with Crippen LogP contribution in [0.1, 0.15) is 23.1 Å². The summed E-state index contributed by atoms with van der Waals surface area (Å²) >= 11 is 5.73. The largest absolute Gasteiger partial charge is 0.385 e. The SMILES string of the molecule is COCCCc1ccc(-c2ccc3c(F)c(CCc4ccc(Cl)c(F)c4)ccc3c2)nc1. The number of aromatic nitrogens is 1. The van der Waals surface area contributed by atoms with Crippen molar-refractivity contribution in [3.8, 4) is 11.3 Å². The first-order valence-corrected chi connectivity index (χ1v) is 11.0. The van der Waals surface area contributed by atoms with E-state index >= 15 is 4.39 Å². The van der Waals surface area contributed by atoms with Crippen LogP contribution in [0.2, 0.25) is 5.02 Å². The van der Waals surface area contributed by atoms with E-state index in [4.69, 9.17) is 16.3 Å². The first kappa shape index (κ1) is 22.4. The number of rotatable bonds is 8. The van der Waals surface area contributed by atoms with Crippen LogP contribution in [0, 0.1) is 11.6 Å². The highest BCUT2D eigenvalue weighted by atomic mass is 35.5. The molecule has 0 aliphatic rings. The van der Waals surface area contributed by atoms with Gasteiger partial charge in [-0.1, -0.05) is 48.0 Å². The molecule has 1 heterocycles. The summed E-state index contributed by atoms with van der Waals surface area (Å²) < 4.78 is 33.9. The van der Waals surface area contributed by atoms with Crippen molar-refractivity contribution in [2.75, 3.05) is 13.7 Å². The minimum atomic E-state index is -0.452. The average molecular weight is 452 g/mol. The molecule has 32 heavy (non-hydrogen) atoms. The van der Waals surface area contributed by atoms with E-state index in [1.807, 2.05) is 30.5 Å². The zero-order chi connectivity index (χ0) is 22.5. The number of benzene rings is 3. The molecule has 2 nitrogen and oxygen atoms in total. The van der Waals surface area contributed by atoms with Crippen LogP contribution in [0.25, 0.3) is 22.0 Å². The monoisotopic (exact) mass is 451 g/mol. The van der Waals surface area contributed by atoms with E-state index in [2.05, 4.69) is 11.1 Å². The Labute approximate surface area is 191 Å². The quantitative estimate of drug-likeness (QED) is 0.264. The van der Waals surface area contributed by atoms with Gasteiger partial charge in [-0.3, -0.25) is 4.98 Å². The van der Waals surface area contributed by atoms with E-state index in [0.717, 1.165) is 41.7 Å². The molecule has 0 atom stereocenters. The van der Waals surface area contributed by atoms with E-state index in [-0.39, 0.29) is 10.8 Å². The number of aryl methyl sites for hydroxylation is 3. The van der Waals surface area contributed by atoms with Crippen molar-refractivity contribution >= 4 is 22.4 Å². The summed E-state index contributed by atoms with van der Waals surface area (Å²) in [5, 5.41) is 1.49. The van der Waals surface area contributed by atoms with E-state index in [1.54, 1.807) is 25.3 Å². The molecule has 0 aliphatic carbocycles. The zero-order valence-electron chi connectivity index (χ0n) is 17.9. The zero-order valence-corrected chi connectivity index (χ0v) is 18.6. The van der Waals surface area contributed by atoms with Crippen LogP contribution in [-0.4, -0.2) is 18.7 Å². The summed E-state index contributed by atoms with van der Waals surface area (Å²) in [6, 6.07) is 18.2. The molecule has 164 valence electrons. The molecule has 1 aromatic heterocycles. The molecule has 0 bridgehead atoms. The van der Waals surface area contributed by atoms with E-state index in [0.29, 0.717) is 23.8 Å². The highest BCUT2D eigenvalue weighted by Gasteiger charge is 2.10. The van der Waals surface area contributed by atoms with Gasteiger partial charge in [0, 0.05) is 30.9 Å². The molecule has 0 radical (unpaired) electrons. The molecule has 0 saturated heterocycles. The highest BCUT2D eigenvalue weighted by molar-refractivity contribution is 6.30. The van der Waals surface area contributed by atoms with Gasteiger partial charge in [0.05, 0.1) is 10.7 Å². The van der Waals surface area contributed by atoms with E-state index < -0.39 is 5.82 Å². The Hall–Kier alpha value is -2.82. The van der Waals surface area contributed by atoms with Crippen LogP contribution in [0.5, 0.6) is 0 Å². The average Bonchev–Trinajstić information content (AvgIpc) is 2.81. The summed E-state index contributed by atoms with van der Waals surface area (Å²) in [7, 11) is 1.70. The number of fused-ring (bicyclic) bond motifs is 1. The van der Waals surface area contributed by atoms with Crippen molar-refractivity contribution in [1.29, 1.82) is 0 Å². The maximum absolute atomic E-state index is 15.1.